The quantitative estimate of drug-likeness (QED) is 0.604. The molecule has 0 spiro atoms. The number of hydrogen-bond acceptors (Lipinski definition) is 6. The van der Waals surface area contributed by atoms with E-state index in [0.29, 0.717) is 22.8 Å². The van der Waals surface area contributed by atoms with Gasteiger partial charge in [-0.15, -0.1) is 5.10 Å². The van der Waals surface area contributed by atoms with E-state index in [2.05, 4.69) is 30.5 Å². The summed E-state index contributed by atoms with van der Waals surface area (Å²) in [5.74, 6) is 0.720. The van der Waals surface area contributed by atoms with Crippen molar-refractivity contribution in [1.82, 2.24) is 34.3 Å². The second-order valence-corrected chi connectivity index (χ2v) is 4.66. The van der Waals surface area contributed by atoms with Gasteiger partial charge in [-0.05, 0) is 24.3 Å². The third-order valence-corrected chi connectivity index (χ3v) is 3.12. The zero-order valence-corrected chi connectivity index (χ0v) is 11.7. The van der Waals surface area contributed by atoms with Crippen molar-refractivity contribution in [2.75, 3.05) is 5.32 Å². The van der Waals surface area contributed by atoms with Gasteiger partial charge in [-0.2, -0.15) is 5.10 Å². The summed E-state index contributed by atoms with van der Waals surface area (Å²) in [7, 11) is 0. The number of nitrogens with zero attached hydrogens (tertiary/aromatic N) is 7. The second kappa shape index (κ2) is 5.30. The van der Waals surface area contributed by atoms with Crippen LogP contribution in [0.2, 0.25) is 0 Å². The largest absolute Gasteiger partial charge is 0.305 e. The highest BCUT2D eigenvalue weighted by molar-refractivity contribution is 6.03. The van der Waals surface area contributed by atoms with Crippen molar-refractivity contribution in [2.45, 2.75) is 0 Å². The van der Waals surface area contributed by atoms with Gasteiger partial charge >= 0.3 is 0 Å². The molecule has 0 aromatic carbocycles. The van der Waals surface area contributed by atoms with Crippen molar-refractivity contribution in [3.05, 3.63) is 61.1 Å². The molecule has 0 unspecified atom stereocenters. The molecule has 4 aromatic heterocycles. The minimum absolute atomic E-state index is 0.280. The van der Waals surface area contributed by atoms with E-state index in [9.17, 15) is 4.79 Å². The maximum absolute atomic E-state index is 12.1. The highest BCUT2D eigenvalue weighted by Crippen LogP contribution is 2.11. The van der Waals surface area contributed by atoms with E-state index in [1.165, 1.54) is 17.2 Å². The lowest BCUT2D eigenvalue weighted by atomic mass is 10.3. The summed E-state index contributed by atoms with van der Waals surface area (Å²) in [6.07, 6.45) is 7.71. The number of rotatable bonds is 3. The number of pyridine rings is 1. The van der Waals surface area contributed by atoms with Gasteiger partial charge in [0, 0.05) is 12.4 Å². The van der Waals surface area contributed by atoms with Crippen LogP contribution in [0.1, 0.15) is 10.4 Å². The number of carbonyl (C=O) groups is 1. The first-order chi connectivity index (χ1) is 11.3. The number of carbonyl (C=O) groups excluding carboxylic acids is 1. The van der Waals surface area contributed by atoms with Crippen LogP contribution < -0.4 is 5.32 Å². The maximum Gasteiger partial charge on any atom is 0.258 e. The Morgan fingerprint density at radius 3 is 2.91 bits per heavy atom. The normalized spacial score (nSPS) is 10.8. The molecule has 0 aliphatic rings. The molecular weight excluding hydrogens is 296 g/mol. The number of amides is 1. The molecule has 112 valence electrons. The highest BCUT2D eigenvalue weighted by Gasteiger charge is 2.10. The summed E-state index contributed by atoms with van der Waals surface area (Å²) < 4.78 is 3.10. The fourth-order valence-corrected chi connectivity index (χ4v) is 2.07. The van der Waals surface area contributed by atoms with Crippen LogP contribution in [-0.2, 0) is 0 Å². The third kappa shape index (κ3) is 2.50. The van der Waals surface area contributed by atoms with E-state index in [1.807, 2.05) is 0 Å². The molecule has 0 aliphatic carbocycles. The monoisotopic (exact) mass is 306 g/mol. The smallest absolute Gasteiger partial charge is 0.258 e. The summed E-state index contributed by atoms with van der Waals surface area (Å²) >= 11 is 0. The third-order valence-electron chi connectivity index (χ3n) is 3.12. The lowest BCUT2D eigenvalue weighted by molar-refractivity contribution is 0.102. The van der Waals surface area contributed by atoms with Crippen LogP contribution in [0.4, 0.5) is 5.82 Å². The summed E-state index contributed by atoms with van der Waals surface area (Å²) in [6, 6.07) is 6.93. The molecule has 9 heteroatoms. The number of nitrogens with one attached hydrogen (secondary N) is 1. The summed E-state index contributed by atoms with van der Waals surface area (Å²) in [6.45, 7) is 0. The average Bonchev–Trinajstić information content (AvgIpc) is 3.24. The van der Waals surface area contributed by atoms with Gasteiger partial charge in [0.15, 0.2) is 17.3 Å². The van der Waals surface area contributed by atoms with Gasteiger partial charge < -0.3 is 5.32 Å². The summed E-state index contributed by atoms with van der Waals surface area (Å²) in [5.41, 5.74) is 1.07. The van der Waals surface area contributed by atoms with Crippen molar-refractivity contribution in [3.63, 3.8) is 0 Å². The van der Waals surface area contributed by atoms with Gasteiger partial charge in [-0.25, -0.2) is 19.2 Å². The Hall–Kier alpha value is -3.62. The van der Waals surface area contributed by atoms with Crippen LogP contribution in [0.15, 0.2) is 55.5 Å². The van der Waals surface area contributed by atoms with E-state index in [4.69, 9.17) is 0 Å². The van der Waals surface area contributed by atoms with Gasteiger partial charge in [0.25, 0.3) is 5.91 Å². The first kappa shape index (κ1) is 13.1. The molecule has 0 aliphatic heterocycles. The minimum Gasteiger partial charge on any atom is -0.305 e. The Morgan fingerprint density at radius 1 is 1.17 bits per heavy atom. The molecule has 0 fully saturated rings. The predicted octanol–water partition coefficient (Wildman–Crippen LogP) is 0.957. The van der Waals surface area contributed by atoms with Gasteiger partial charge in [-0.1, -0.05) is 0 Å². The molecule has 0 saturated carbocycles. The van der Waals surface area contributed by atoms with Gasteiger partial charge in [0.1, 0.15) is 12.7 Å². The lowest BCUT2D eigenvalue weighted by Crippen LogP contribution is -2.12. The Bertz CT molecular complexity index is 961. The number of aromatic nitrogens is 7. The average molecular weight is 306 g/mol. The Kier molecular flexibility index (Phi) is 3.01. The van der Waals surface area contributed by atoms with Crippen molar-refractivity contribution in [2.24, 2.45) is 0 Å². The van der Waals surface area contributed by atoms with Crippen LogP contribution in [0.3, 0.4) is 0 Å². The van der Waals surface area contributed by atoms with Crippen LogP contribution in [0.25, 0.3) is 11.5 Å². The van der Waals surface area contributed by atoms with Crippen molar-refractivity contribution in [3.8, 4) is 5.82 Å². The van der Waals surface area contributed by atoms with Crippen molar-refractivity contribution >= 4 is 17.4 Å². The molecule has 9 nitrogen and oxygen atoms in total. The summed E-state index contributed by atoms with van der Waals surface area (Å²) in [5, 5.41) is 11.1. The molecule has 0 radical (unpaired) electrons. The Labute approximate surface area is 129 Å². The minimum atomic E-state index is -0.280. The zero-order chi connectivity index (χ0) is 15.6. The molecule has 0 atom stereocenters. The first-order valence-electron chi connectivity index (χ1n) is 6.72. The Balaban J connectivity index is 1.63. The molecule has 1 N–H and O–H groups in total. The van der Waals surface area contributed by atoms with Crippen LogP contribution >= 0.6 is 0 Å². The SMILES string of the molecule is O=C(Nc1cn2nc(-n3cncn3)ccc2n1)c1cccnc1. The second-order valence-electron chi connectivity index (χ2n) is 4.66. The number of imidazole rings is 1. The molecule has 0 bridgehead atoms. The van der Waals surface area contributed by atoms with E-state index in [-0.39, 0.29) is 5.91 Å². The van der Waals surface area contributed by atoms with E-state index in [0.717, 1.165) is 0 Å². The predicted molar refractivity (Wildman–Crippen MR) is 80.1 cm³/mol. The fourth-order valence-electron chi connectivity index (χ4n) is 2.07. The zero-order valence-electron chi connectivity index (χ0n) is 11.7. The van der Waals surface area contributed by atoms with E-state index in [1.54, 1.807) is 47.5 Å². The van der Waals surface area contributed by atoms with Crippen LogP contribution in [0.5, 0.6) is 0 Å². The number of fused-ring (bicyclic) bond motifs is 1. The highest BCUT2D eigenvalue weighted by atomic mass is 16.1. The van der Waals surface area contributed by atoms with Crippen LogP contribution in [0, 0.1) is 0 Å². The molecule has 0 saturated heterocycles. The fraction of sp³-hybridized carbons (Fsp3) is 0. The molecule has 4 aromatic rings. The van der Waals surface area contributed by atoms with Gasteiger partial charge in [0.2, 0.25) is 0 Å². The molecule has 4 rings (SSSR count). The Morgan fingerprint density at radius 2 is 2.13 bits per heavy atom. The maximum atomic E-state index is 12.1. The van der Waals surface area contributed by atoms with Gasteiger partial charge in [-0.3, -0.25) is 9.78 Å². The standard InChI is InChI=1S/C14H10N8O/c23-14(10-2-1-5-15-6-10)19-11-7-21-12(18-11)3-4-13(20-21)22-9-16-8-17-22/h1-9H,(H,19,23). The summed E-state index contributed by atoms with van der Waals surface area (Å²) in [4.78, 5) is 24.2. The number of anilines is 1. The van der Waals surface area contributed by atoms with E-state index >= 15 is 0 Å². The van der Waals surface area contributed by atoms with E-state index < -0.39 is 0 Å². The van der Waals surface area contributed by atoms with Gasteiger partial charge in [0.05, 0.1) is 11.8 Å². The molecule has 1 amide bonds. The molecular formula is C14H10N8O. The van der Waals surface area contributed by atoms with Crippen molar-refractivity contribution < 1.29 is 4.79 Å². The number of hydrogen-bond donors (Lipinski definition) is 1. The molecule has 4 heterocycles. The molecule has 23 heavy (non-hydrogen) atoms. The topological polar surface area (TPSA) is 103 Å². The lowest BCUT2D eigenvalue weighted by Gasteiger charge is -1.99. The first-order valence-corrected chi connectivity index (χ1v) is 6.72. The van der Waals surface area contributed by atoms with Crippen LogP contribution in [-0.4, -0.2) is 40.3 Å². The van der Waals surface area contributed by atoms with Crippen molar-refractivity contribution in [1.29, 1.82) is 0 Å².